The van der Waals surface area contributed by atoms with Gasteiger partial charge in [-0.2, -0.15) is 13.2 Å². The number of hydrogen-bond acceptors (Lipinski definition) is 2. The van der Waals surface area contributed by atoms with Gasteiger partial charge in [0.1, 0.15) is 5.16 Å². The van der Waals surface area contributed by atoms with Gasteiger partial charge in [0, 0.05) is 12.6 Å². The first-order valence-corrected chi connectivity index (χ1v) is 12.0. The van der Waals surface area contributed by atoms with Crippen LogP contribution in [0, 0.1) is 13.8 Å². The van der Waals surface area contributed by atoms with Crippen LogP contribution in [0.3, 0.4) is 0 Å². The van der Waals surface area contributed by atoms with Crippen molar-refractivity contribution in [3.63, 3.8) is 0 Å². The quantitative estimate of drug-likeness (QED) is 0.563. The first-order valence-electron chi connectivity index (χ1n) is 9.24. The van der Waals surface area contributed by atoms with Gasteiger partial charge in [0.2, 0.25) is 0 Å². The SMILES string of the molecule is Cc1ccc(P(=S)(c2ccc(C)cc2)C(CN)(c2ccccc2)C(F)(F)F)cc1. The summed E-state index contributed by atoms with van der Waals surface area (Å²) >= 11 is 6.10. The molecule has 1 nitrogen and oxygen atoms in total. The van der Waals surface area contributed by atoms with Crippen molar-refractivity contribution < 1.29 is 13.2 Å². The fourth-order valence-corrected chi connectivity index (χ4v) is 8.72. The standard InChI is InChI=1S/C23H23F3NPS/c1-17-8-12-20(13-9-17)28(29,21-14-10-18(2)11-15-21)22(16-27,23(24,25)26)19-6-4-3-5-7-19/h3-15H,16,27H2,1-2H3. The van der Waals surface area contributed by atoms with E-state index in [0.717, 1.165) is 11.1 Å². The maximum Gasteiger partial charge on any atom is 0.404 e. The van der Waals surface area contributed by atoms with E-state index in [1.165, 1.54) is 12.1 Å². The molecule has 152 valence electrons. The van der Waals surface area contributed by atoms with E-state index in [4.69, 9.17) is 17.5 Å². The van der Waals surface area contributed by atoms with E-state index in [9.17, 15) is 13.2 Å². The highest BCUT2D eigenvalue weighted by Crippen LogP contribution is 2.67. The van der Waals surface area contributed by atoms with Gasteiger partial charge in [-0.05, 0) is 30.0 Å². The lowest BCUT2D eigenvalue weighted by Gasteiger charge is -2.45. The van der Waals surface area contributed by atoms with E-state index in [1.54, 1.807) is 42.5 Å². The maximum absolute atomic E-state index is 15.0. The van der Waals surface area contributed by atoms with E-state index in [2.05, 4.69) is 0 Å². The van der Waals surface area contributed by atoms with E-state index in [0.29, 0.717) is 10.6 Å². The largest absolute Gasteiger partial charge is 0.404 e. The van der Waals surface area contributed by atoms with Crippen molar-refractivity contribution in [2.75, 3.05) is 6.54 Å². The minimum atomic E-state index is -4.63. The van der Waals surface area contributed by atoms with Crippen LogP contribution in [-0.4, -0.2) is 12.7 Å². The van der Waals surface area contributed by atoms with Crippen LogP contribution in [0.25, 0.3) is 0 Å². The van der Waals surface area contributed by atoms with E-state index in [-0.39, 0.29) is 5.56 Å². The van der Waals surface area contributed by atoms with Gasteiger partial charge in [0.25, 0.3) is 0 Å². The summed E-state index contributed by atoms with van der Waals surface area (Å²) < 4.78 is 44.9. The fourth-order valence-electron chi connectivity index (χ4n) is 3.70. The number of rotatable bonds is 5. The Morgan fingerprint density at radius 1 is 0.759 bits per heavy atom. The summed E-state index contributed by atoms with van der Waals surface area (Å²) in [6.07, 6.45) is -4.63. The third kappa shape index (κ3) is 3.56. The van der Waals surface area contributed by atoms with Crippen LogP contribution in [0.2, 0.25) is 0 Å². The minimum Gasteiger partial charge on any atom is -0.329 e. The average Bonchev–Trinajstić information content (AvgIpc) is 2.69. The third-order valence-electron chi connectivity index (χ3n) is 5.35. The molecule has 0 aliphatic heterocycles. The molecular formula is C23H23F3NPS. The number of nitrogens with two attached hydrogens (primary N) is 1. The summed E-state index contributed by atoms with van der Waals surface area (Å²) in [5.74, 6) is 0. The normalized spacial score (nSPS) is 14.4. The number of hydrogen-bond donors (Lipinski definition) is 1. The third-order valence-corrected chi connectivity index (χ3v) is 11.4. The van der Waals surface area contributed by atoms with Crippen LogP contribution in [0.15, 0.2) is 78.9 Å². The molecule has 0 spiro atoms. The number of alkyl halides is 3. The van der Waals surface area contributed by atoms with Gasteiger partial charge in [-0.3, -0.25) is 0 Å². The van der Waals surface area contributed by atoms with Crippen molar-refractivity contribution in [2.45, 2.75) is 25.2 Å². The highest BCUT2D eigenvalue weighted by molar-refractivity contribution is 8.22. The Balaban J connectivity index is 2.46. The first-order chi connectivity index (χ1) is 13.7. The molecule has 3 rings (SSSR count). The Kier molecular flexibility index (Phi) is 6.05. The molecule has 29 heavy (non-hydrogen) atoms. The molecule has 0 heterocycles. The second-order valence-electron chi connectivity index (χ2n) is 7.21. The lowest BCUT2D eigenvalue weighted by Crippen LogP contribution is -2.52. The Morgan fingerprint density at radius 2 is 1.17 bits per heavy atom. The van der Waals surface area contributed by atoms with Crippen LogP contribution >= 0.6 is 6.04 Å². The summed E-state index contributed by atoms with van der Waals surface area (Å²) in [7, 11) is 0. The van der Waals surface area contributed by atoms with Crippen molar-refractivity contribution in [3.05, 3.63) is 95.6 Å². The van der Waals surface area contributed by atoms with Crippen LogP contribution in [0.5, 0.6) is 0 Å². The van der Waals surface area contributed by atoms with Gasteiger partial charge in [0.05, 0.1) is 0 Å². The Labute approximate surface area is 174 Å². The maximum atomic E-state index is 15.0. The van der Waals surface area contributed by atoms with E-state index < -0.39 is 23.9 Å². The van der Waals surface area contributed by atoms with Gasteiger partial charge in [-0.15, -0.1) is 0 Å². The Bertz CT molecular complexity index is 965. The first kappa shape index (κ1) is 21.8. The molecule has 0 aliphatic rings. The van der Waals surface area contributed by atoms with Crippen LogP contribution in [-0.2, 0) is 17.0 Å². The van der Waals surface area contributed by atoms with Gasteiger partial charge in [-0.25, -0.2) is 0 Å². The van der Waals surface area contributed by atoms with Gasteiger partial charge in [0.15, 0.2) is 0 Å². The van der Waals surface area contributed by atoms with Crippen molar-refractivity contribution >= 4 is 28.5 Å². The highest BCUT2D eigenvalue weighted by atomic mass is 32.4. The van der Waals surface area contributed by atoms with Crippen molar-refractivity contribution in [1.82, 2.24) is 0 Å². The zero-order chi connectivity index (χ0) is 21.3. The molecule has 0 saturated heterocycles. The molecule has 1 atom stereocenters. The van der Waals surface area contributed by atoms with Crippen molar-refractivity contribution in [1.29, 1.82) is 0 Å². The van der Waals surface area contributed by atoms with E-state index >= 15 is 0 Å². The molecule has 0 aromatic heterocycles. The lowest BCUT2D eigenvalue weighted by molar-refractivity contribution is -0.161. The number of halogens is 3. The van der Waals surface area contributed by atoms with Crippen LogP contribution in [0.4, 0.5) is 13.2 Å². The topological polar surface area (TPSA) is 26.0 Å². The molecule has 6 heteroatoms. The molecular weight excluding hydrogens is 410 g/mol. The highest BCUT2D eigenvalue weighted by Gasteiger charge is 2.63. The predicted molar refractivity (Wildman–Crippen MR) is 119 cm³/mol. The summed E-state index contributed by atoms with van der Waals surface area (Å²) in [5, 5.41) is -1.36. The average molecular weight is 433 g/mol. The molecule has 2 N–H and O–H groups in total. The van der Waals surface area contributed by atoms with Gasteiger partial charge in [-0.1, -0.05) is 102 Å². The molecule has 0 radical (unpaired) electrons. The van der Waals surface area contributed by atoms with Crippen LogP contribution < -0.4 is 16.3 Å². The molecule has 3 aromatic rings. The molecule has 0 saturated carbocycles. The lowest BCUT2D eigenvalue weighted by atomic mass is 9.97. The van der Waals surface area contributed by atoms with Gasteiger partial charge < -0.3 is 5.73 Å². The summed E-state index contributed by atoms with van der Waals surface area (Å²) in [4.78, 5) is 0. The molecule has 0 amide bonds. The zero-order valence-corrected chi connectivity index (χ0v) is 18.0. The molecule has 1 unspecified atom stereocenters. The smallest absolute Gasteiger partial charge is 0.329 e. The zero-order valence-electron chi connectivity index (χ0n) is 16.3. The predicted octanol–water partition coefficient (Wildman–Crippen LogP) is 5.15. The van der Waals surface area contributed by atoms with Crippen molar-refractivity contribution in [3.8, 4) is 0 Å². The van der Waals surface area contributed by atoms with Crippen molar-refractivity contribution in [2.24, 2.45) is 5.73 Å². The number of benzene rings is 3. The minimum absolute atomic E-state index is 0.111. The summed E-state index contributed by atoms with van der Waals surface area (Å²) in [6.45, 7) is 3.17. The summed E-state index contributed by atoms with van der Waals surface area (Å²) in [5.41, 5.74) is 8.02. The van der Waals surface area contributed by atoms with Crippen LogP contribution in [0.1, 0.15) is 16.7 Å². The second kappa shape index (κ2) is 8.06. The monoisotopic (exact) mass is 433 g/mol. The summed E-state index contributed by atoms with van der Waals surface area (Å²) in [6, 6.07) is 18.6. The molecule has 0 fully saturated rings. The molecule has 0 aliphatic carbocycles. The second-order valence-corrected chi connectivity index (χ2v) is 11.9. The molecule has 0 bridgehead atoms. The fraction of sp³-hybridized carbons (Fsp3) is 0.217. The Hall–Kier alpha value is -1.94. The Morgan fingerprint density at radius 3 is 1.52 bits per heavy atom. The van der Waals surface area contributed by atoms with E-state index in [1.807, 2.05) is 38.1 Å². The number of aryl methyl sites for hydroxylation is 2. The molecule has 3 aromatic carbocycles. The van der Waals surface area contributed by atoms with Gasteiger partial charge >= 0.3 is 6.18 Å².